The molecule has 3 aromatic rings. The monoisotopic (exact) mass is 361 g/mol. The molecule has 1 heterocycles. The highest BCUT2D eigenvalue weighted by Gasteiger charge is 2.21. The van der Waals surface area contributed by atoms with Gasteiger partial charge in [0.1, 0.15) is 5.15 Å². The lowest BCUT2D eigenvalue weighted by Crippen LogP contribution is -2.34. The number of benzene rings is 2. The van der Waals surface area contributed by atoms with E-state index in [1.54, 1.807) is 41.9 Å². The fourth-order valence-corrected chi connectivity index (χ4v) is 2.84. The van der Waals surface area contributed by atoms with Crippen molar-refractivity contribution in [1.82, 2.24) is 9.88 Å². The minimum absolute atomic E-state index is 0.265. The standard InChI is InChI=1S/C17H13Cl2N3O2/c1-22-13-5-3-2-4-12(13)14(15(22)19)16(23)21-17(24)20-11-8-6-10(18)7-9-11/h2-9H,1H3,(H2,20,21,23,24). The van der Waals surface area contributed by atoms with E-state index >= 15 is 0 Å². The summed E-state index contributed by atoms with van der Waals surface area (Å²) >= 11 is 12.0. The van der Waals surface area contributed by atoms with Crippen LogP contribution in [-0.4, -0.2) is 16.5 Å². The van der Waals surface area contributed by atoms with Gasteiger partial charge in [0.15, 0.2) is 0 Å². The van der Waals surface area contributed by atoms with E-state index in [-0.39, 0.29) is 10.7 Å². The molecule has 0 aliphatic heterocycles. The van der Waals surface area contributed by atoms with Gasteiger partial charge in [0.2, 0.25) is 0 Å². The summed E-state index contributed by atoms with van der Waals surface area (Å²) in [7, 11) is 1.76. The Morgan fingerprint density at radius 3 is 2.38 bits per heavy atom. The number of para-hydroxylation sites is 1. The quantitative estimate of drug-likeness (QED) is 0.708. The predicted octanol–water partition coefficient (Wildman–Crippen LogP) is 4.45. The Morgan fingerprint density at radius 1 is 1.00 bits per heavy atom. The number of hydrogen-bond donors (Lipinski definition) is 2. The smallest absolute Gasteiger partial charge is 0.326 e. The highest BCUT2D eigenvalue weighted by Crippen LogP contribution is 2.28. The summed E-state index contributed by atoms with van der Waals surface area (Å²) in [4.78, 5) is 24.5. The number of urea groups is 1. The molecule has 0 aliphatic rings. The number of nitrogens with one attached hydrogen (secondary N) is 2. The summed E-state index contributed by atoms with van der Waals surface area (Å²) in [5.74, 6) is -0.566. The van der Waals surface area contributed by atoms with Crippen molar-refractivity contribution in [3.05, 3.63) is 64.3 Å². The molecule has 2 aromatic carbocycles. The number of rotatable bonds is 2. The van der Waals surface area contributed by atoms with E-state index in [2.05, 4.69) is 10.6 Å². The van der Waals surface area contributed by atoms with Gasteiger partial charge in [0, 0.05) is 28.7 Å². The summed E-state index contributed by atoms with van der Waals surface area (Å²) in [5.41, 5.74) is 1.60. The molecular formula is C17H13Cl2N3O2. The molecule has 7 heteroatoms. The molecule has 0 radical (unpaired) electrons. The van der Waals surface area contributed by atoms with Crippen molar-refractivity contribution in [1.29, 1.82) is 0 Å². The topological polar surface area (TPSA) is 63.1 Å². The molecule has 3 amide bonds. The first-order valence-electron chi connectivity index (χ1n) is 7.08. The minimum Gasteiger partial charge on any atom is -0.334 e. The predicted molar refractivity (Wildman–Crippen MR) is 95.9 cm³/mol. The number of anilines is 1. The zero-order valence-corrected chi connectivity index (χ0v) is 14.2. The number of carbonyl (C=O) groups is 2. The minimum atomic E-state index is -0.647. The third-order valence-electron chi connectivity index (χ3n) is 3.59. The summed E-state index contributed by atoms with van der Waals surface area (Å²) in [6.45, 7) is 0. The molecule has 0 saturated carbocycles. The summed E-state index contributed by atoms with van der Waals surface area (Å²) in [5, 5.41) is 6.36. The molecule has 122 valence electrons. The largest absolute Gasteiger partial charge is 0.334 e. The number of aromatic nitrogens is 1. The Hall–Kier alpha value is -2.50. The molecule has 24 heavy (non-hydrogen) atoms. The van der Waals surface area contributed by atoms with Gasteiger partial charge in [-0.25, -0.2) is 4.79 Å². The molecule has 0 saturated heterocycles. The van der Waals surface area contributed by atoms with Gasteiger partial charge in [-0.15, -0.1) is 0 Å². The summed E-state index contributed by atoms with van der Waals surface area (Å²) in [6.07, 6.45) is 0. The first-order chi connectivity index (χ1) is 11.5. The van der Waals surface area contributed by atoms with Crippen LogP contribution in [0.2, 0.25) is 10.2 Å². The van der Waals surface area contributed by atoms with Crippen molar-refractivity contribution >= 4 is 51.7 Å². The van der Waals surface area contributed by atoms with Crippen molar-refractivity contribution in [2.75, 3.05) is 5.32 Å². The van der Waals surface area contributed by atoms with E-state index in [0.29, 0.717) is 16.1 Å². The lowest BCUT2D eigenvalue weighted by molar-refractivity contribution is 0.0968. The fraction of sp³-hybridized carbons (Fsp3) is 0.0588. The molecule has 1 aromatic heterocycles. The maximum atomic E-state index is 12.5. The van der Waals surface area contributed by atoms with Crippen molar-refractivity contribution in [3.8, 4) is 0 Å². The van der Waals surface area contributed by atoms with E-state index in [0.717, 1.165) is 5.52 Å². The molecule has 2 N–H and O–H groups in total. The Bertz CT molecular complexity index is 933. The molecular weight excluding hydrogens is 349 g/mol. The van der Waals surface area contributed by atoms with Crippen LogP contribution in [0.3, 0.4) is 0 Å². The average Bonchev–Trinajstić information content (AvgIpc) is 2.81. The zero-order valence-electron chi connectivity index (χ0n) is 12.6. The third kappa shape index (κ3) is 3.09. The van der Waals surface area contributed by atoms with E-state index < -0.39 is 11.9 Å². The number of hydrogen-bond acceptors (Lipinski definition) is 2. The number of nitrogens with zero attached hydrogens (tertiary/aromatic N) is 1. The second-order valence-corrected chi connectivity index (χ2v) is 5.95. The second kappa shape index (κ2) is 6.55. The lowest BCUT2D eigenvalue weighted by Gasteiger charge is -2.07. The number of amides is 3. The van der Waals surface area contributed by atoms with Crippen molar-refractivity contribution < 1.29 is 9.59 Å². The van der Waals surface area contributed by atoms with Crippen molar-refractivity contribution in [3.63, 3.8) is 0 Å². The Kier molecular flexibility index (Phi) is 4.46. The molecule has 0 spiro atoms. The normalized spacial score (nSPS) is 10.6. The second-order valence-electron chi connectivity index (χ2n) is 5.16. The van der Waals surface area contributed by atoms with Gasteiger partial charge in [-0.1, -0.05) is 41.4 Å². The Labute approximate surface area is 148 Å². The van der Waals surface area contributed by atoms with Crippen LogP contribution in [0.4, 0.5) is 10.5 Å². The summed E-state index contributed by atoms with van der Waals surface area (Å²) < 4.78 is 1.70. The Balaban J connectivity index is 1.81. The lowest BCUT2D eigenvalue weighted by atomic mass is 10.1. The number of halogens is 2. The van der Waals surface area contributed by atoms with Gasteiger partial charge in [-0.3, -0.25) is 10.1 Å². The average molecular weight is 362 g/mol. The van der Waals surface area contributed by atoms with Gasteiger partial charge < -0.3 is 9.88 Å². The SMILES string of the molecule is Cn1c(Cl)c(C(=O)NC(=O)Nc2ccc(Cl)cc2)c2ccccc21. The van der Waals surface area contributed by atoms with Gasteiger partial charge >= 0.3 is 6.03 Å². The molecule has 0 aliphatic carbocycles. The van der Waals surface area contributed by atoms with Crippen LogP contribution in [0.25, 0.3) is 10.9 Å². The fourth-order valence-electron chi connectivity index (χ4n) is 2.44. The highest BCUT2D eigenvalue weighted by molar-refractivity contribution is 6.36. The van der Waals surface area contributed by atoms with Crippen LogP contribution < -0.4 is 10.6 Å². The van der Waals surface area contributed by atoms with Gasteiger partial charge in [-0.05, 0) is 30.3 Å². The Morgan fingerprint density at radius 2 is 1.67 bits per heavy atom. The van der Waals surface area contributed by atoms with E-state index in [1.165, 1.54) is 0 Å². The van der Waals surface area contributed by atoms with E-state index in [9.17, 15) is 9.59 Å². The first kappa shape index (κ1) is 16.4. The van der Waals surface area contributed by atoms with Crippen LogP contribution >= 0.6 is 23.2 Å². The molecule has 3 rings (SSSR count). The first-order valence-corrected chi connectivity index (χ1v) is 7.84. The van der Waals surface area contributed by atoms with Gasteiger partial charge in [-0.2, -0.15) is 0 Å². The molecule has 5 nitrogen and oxygen atoms in total. The van der Waals surface area contributed by atoms with Crippen molar-refractivity contribution in [2.24, 2.45) is 7.05 Å². The maximum absolute atomic E-state index is 12.5. The molecule has 0 bridgehead atoms. The highest BCUT2D eigenvalue weighted by atomic mass is 35.5. The van der Waals surface area contributed by atoms with Crippen LogP contribution in [0.1, 0.15) is 10.4 Å². The van der Waals surface area contributed by atoms with Crippen molar-refractivity contribution in [2.45, 2.75) is 0 Å². The number of fused-ring (bicyclic) bond motifs is 1. The van der Waals surface area contributed by atoms with Crippen LogP contribution in [0, 0.1) is 0 Å². The van der Waals surface area contributed by atoms with Crippen LogP contribution in [-0.2, 0) is 7.05 Å². The van der Waals surface area contributed by atoms with Crippen LogP contribution in [0.15, 0.2) is 48.5 Å². The third-order valence-corrected chi connectivity index (χ3v) is 4.29. The van der Waals surface area contributed by atoms with E-state index in [4.69, 9.17) is 23.2 Å². The van der Waals surface area contributed by atoms with Crippen LogP contribution in [0.5, 0.6) is 0 Å². The van der Waals surface area contributed by atoms with Gasteiger partial charge in [0.05, 0.1) is 5.56 Å². The molecule has 0 unspecified atom stereocenters. The zero-order chi connectivity index (χ0) is 17.3. The number of imide groups is 1. The van der Waals surface area contributed by atoms with Gasteiger partial charge in [0.25, 0.3) is 5.91 Å². The summed E-state index contributed by atoms with van der Waals surface area (Å²) in [6, 6.07) is 13.2. The van der Waals surface area contributed by atoms with E-state index in [1.807, 2.05) is 18.2 Å². The number of aryl methyl sites for hydroxylation is 1. The maximum Gasteiger partial charge on any atom is 0.326 e. The number of carbonyl (C=O) groups excluding carboxylic acids is 2. The molecule has 0 fully saturated rings. The molecule has 0 atom stereocenters.